The molecule has 2 unspecified atom stereocenters. The van der Waals surface area contributed by atoms with Crippen molar-refractivity contribution in [2.45, 2.75) is 103 Å². The van der Waals surface area contributed by atoms with Crippen molar-refractivity contribution in [3.05, 3.63) is 6.92 Å². The number of hydrogen-bond donors (Lipinski definition) is 0. The van der Waals surface area contributed by atoms with Gasteiger partial charge in [0.1, 0.15) is 0 Å². The van der Waals surface area contributed by atoms with Crippen LogP contribution in [-0.2, 0) is 0 Å². The maximum atomic E-state index is 3.90. The maximum absolute atomic E-state index is 3.90. The van der Waals surface area contributed by atoms with Crippen LogP contribution in [-0.4, -0.2) is 10.1 Å². The predicted octanol–water partition coefficient (Wildman–Crippen LogP) is 6.02. The fourth-order valence-corrected chi connectivity index (χ4v) is 3.66. The number of unbranched alkanes of at least 4 members (excludes halogenated alkanes) is 8. The molecule has 20 heavy (non-hydrogen) atoms. The van der Waals surface area contributed by atoms with Crippen molar-refractivity contribution < 1.29 is 0 Å². The van der Waals surface area contributed by atoms with Crippen LogP contribution in [0.5, 0.6) is 0 Å². The van der Waals surface area contributed by atoms with Gasteiger partial charge in [-0.2, -0.15) is 0 Å². The van der Waals surface area contributed by atoms with Crippen LogP contribution in [0.3, 0.4) is 0 Å². The summed E-state index contributed by atoms with van der Waals surface area (Å²) in [5.41, 5.74) is 0. The minimum atomic E-state index is 0. The Labute approximate surface area is 132 Å². The van der Waals surface area contributed by atoms with E-state index >= 15 is 0 Å². The molecule has 1 aliphatic rings. The van der Waals surface area contributed by atoms with Gasteiger partial charge in [0.25, 0.3) is 0 Å². The molecule has 0 N–H and O–H groups in total. The normalized spacial score (nSPS) is 23.1. The Morgan fingerprint density at radius 3 is 2.00 bits per heavy atom. The van der Waals surface area contributed by atoms with Crippen molar-refractivity contribution >= 4 is 10.1 Å². The second-order valence-electron chi connectivity index (χ2n) is 6.96. The molecule has 0 spiro atoms. The van der Waals surface area contributed by atoms with Gasteiger partial charge in [0.2, 0.25) is 0 Å². The monoisotopic (exact) mass is 276 g/mol. The third-order valence-corrected chi connectivity index (χ3v) is 4.91. The summed E-state index contributed by atoms with van der Waals surface area (Å²) in [4.78, 5) is 0. The fraction of sp³-hybridized carbons (Fsp3) is 0.947. The van der Waals surface area contributed by atoms with Gasteiger partial charge in [-0.25, -0.2) is 0 Å². The van der Waals surface area contributed by atoms with Crippen LogP contribution in [0.4, 0.5) is 0 Å². The molecule has 0 aliphatic heterocycles. The third-order valence-electron chi connectivity index (χ3n) is 4.91. The van der Waals surface area contributed by atoms with Gasteiger partial charge in [0, 0.05) is 0 Å². The SMILES string of the molecule is [BeH2].[CH2]CCCCCCCCCCC1CCCCC(C)C1. The van der Waals surface area contributed by atoms with E-state index in [1.54, 1.807) is 0 Å². The zero-order chi connectivity index (χ0) is 13.8. The van der Waals surface area contributed by atoms with Gasteiger partial charge < -0.3 is 0 Å². The van der Waals surface area contributed by atoms with Gasteiger partial charge in [-0.15, -0.1) is 0 Å². The quantitative estimate of drug-likeness (QED) is 0.260. The molecule has 0 saturated heterocycles. The standard InChI is InChI=1S/C19H37.Be.2H/c1-3-4-5-6-7-8-9-10-11-15-19-16-13-12-14-18(2)17-19;;;/h18-19H,1,3-17H2,2H3;;;. The minimum Gasteiger partial charge on any atom is -0.0625 e. The molecule has 0 amide bonds. The molecular weight excluding hydrogens is 237 g/mol. The Hall–Kier alpha value is 0.169. The minimum absolute atomic E-state index is 0. The molecule has 1 heteroatoms. The molecule has 0 aromatic carbocycles. The van der Waals surface area contributed by atoms with Crippen molar-refractivity contribution in [1.82, 2.24) is 0 Å². The van der Waals surface area contributed by atoms with Crippen molar-refractivity contribution in [3.63, 3.8) is 0 Å². The van der Waals surface area contributed by atoms with Crippen molar-refractivity contribution in [2.24, 2.45) is 11.8 Å². The van der Waals surface area contributed by atoms with E-state index in [4.69, 9.17) is 0 Å². The van der Waals surface area contributed by atoms with E-state index in [0.29, 0.717) is 0 Å². The Morgan fingerprint density at radius 1 is 0.800 bits per heavy atom. The van der Waals surface area contributed by atoms with E-state index in [0.717, 1.165) is 18.3 Å². The molecule has 1 radical (unpaired) electrons. The summed E-state index contributed by atoms with van der Waals surface area (Å²) in [5.74, 6) is 2.06. The summed E-state index contributed by atoms with van der Waals surface area (Å²) in [5, 5.41) is 0. The van der Waals surface area contributed by atoms with Gasteiger partial charge in [-0.05, 0) is 18.3 Å². The first-order valence-corrected chi connectivity index (χ1v) is 9.12. The summed E-state index contributed by atoms with van der Waals surface area (Å²) in [6.45, 7) is 6.36. The van der Waals surface area contributed by atoms with Gasteiger partial charge in [-0.1, -0.05) is 104 Å². The van der Waals surface area contributed by atoms with E-state index in [9.17, 15) is 0 Å². The van der Waals surface area contributed by atoms with Gasteiger partial charge in [0.15, 0.2) is 0 Å². The van der Waals surface area contributed by atoms with E-state index in [1.807, 2.05) is 0 Å². The van der Waals surface area contributed by atoms with Crippen LogP contribution >= 0.6 is 0 Å². The fourth-order valence-electron chi connectivity index (χ4n) is 3.66. The summed E-state index contributed by atoms with van der Waals surface area (Å²) in [7, 11) is 0. The predicted molar refractivity (Wildman–Crippen MR) is 95.8 cm³/mol. The Balaban J connectivity index is 0.00000361. The van der Waals surface area contributed by atoms with E-state index < -0.39 is 0 Å². The van der Waals surface area contributed by atoms with Crippen molar-refractivity contribution in [3.8, 4) is 0 Å². The molecule has 0 aromatic rings. The molecule has 117 valence electrons. The topological polar surface area (TPSA) is 0 Å². The smallest absolute Gasteiger partial charge is 0.0412 e. The molecule has 0 heterocycles. The Kier molecular flexibility index (Phi) is 14.2. The third kappa shape index (κ3) is 10.9. The second kappa shape index (κ2) is 14.1. The first-order chi connectivity index (χ1) is 9.33. The van der Waals surface area contributed by atoms with Crippen LogP contribution in [0.25, 0.3) is 0 Å². The molecule has 1 aliphatic carbocycles. The van der Waals surface area contributed by atoms with Crippen LogP contribution < -0.4 is 0 Å². The molecule has 1 fully saturated rings. The molecule has 1 rings (SSSR count). The van der Waals surface area contributed by atoms with Crippen LogP contribution in [0.1, 0.15) is 103 Å². The number of hydrogen-bond acceptors (Lipinski definition) is 0. The summed E-state index contributed by atoms with van der Waals surface area (Å²) < 4.78 is 0. The average Bonchev–Trinajstić information content (AvgIpc) is 2.61. The van der Waals surface area contributed by atoms with Gasteiger partial charge in [-0.3, -0.25) is 0 Å². The average molecular weight is 277 g/mol. The maximum Gasteiger partial charge on any atom is -0.0412 e. The van der Waals surface area contributed by atoms with E-state index in [2.05, 4.69) is 13.8 Å². The first-order valence-electron chi connectivity index (χ1n) is 9.12. The molecule has 0 bridgehead atoms. The van der Waals surface area contributed by atoms with Crippen molar-refractivity contribution in [2.75, 3.05) is 0 Å². The zero-order valence-corrected chi connectivity index (χ0v) is 13.5. The van der Waals surface area contributed by atoms with Gasteiger partial charge in [0.05, 0.1) is 0 Å². The van der Waals surface area contributed by atoms with Crippen LogP contribution in [0, 0.1) is 18.8 Å². The first kappa shape index (κ1) is 20.2. The zero-order valence-electron chi connectivity index (χ0n) is 13.5. The van der Waals surface area contributed by atoms with Crippen LogP contribution in [0.2, 0.25) is 0 Å². The van der Waals surface area contributed by atoms with Gasteiger partial charge >= 0.3 is 10.1 Å². The Bertz CT molecular complexity index is 190. The summed E-state index contributed by atoms with van der Waals surface area (Å²) >= 11 is 0. The summed E-state index contributed by atoms with van der Waals surface area (Å²) in [6.07, 6.45) is 21.7. The summed E-state index contributed by atoms with van der Waals surface area (Å²) in [6, 6.07) is 0. The van der Waals surface area contributed by atoms with Crippen molar-refractivity contribution in [1.29, 1.82) is 0 Å². The molecule has 2 atom stereocenters. The number of rotatable bonds is 10. The second-order valence-corrected chi connectivity index (χ2v) is 6.96. The molecule has 0 nitrogen and oxygen atoms in total. The largest absolute Gasteiger partial charge is 0.0625 e. The van der Waals surface area contributed by atoms with Crippen LogP contribution in [0.15, 0.2) is 0 Å². The molecule has 0 aromatic heterocycles. The van der Waals surface area contributed by atoms with E-state index in [1.165, 1.54) is 89.9 Å². The van der Waals surface area contributed by atoms with E-state index in [-0.39, 0.29) is 10.1 Å². The molecular formula is C19H39Be. The molecule has 1 saturated carbocycles. The Morgan fingerprint density at radius 2 is 1.35 bits per heavy atom.